The van der Waals surface area contributed by atoms with Crippen molar-refractivity contribution in [3.8, 4) is 0 Å². The first-order valence-electron chi connectivity index (χ1n) is 6.32. The minimum atomic E-state index is -4.40. The van der Waals surface area contributed by atoms with Gasteiger partial charge in [-0.05, 0) is 24.3 Å². The van der Waals surface area contributed by atoms with Crippen LogP contribution in [0.3, 0.4) is 0 Å². The molecule has 1 saturated heterocycles. The van der Waals surface area contributed by atoms with Crippen LogP contribution >= 0.6 is 0 Å². The van der Waals surface area contributed by atoms with E-state index in [1.54, 1.807) is 4.90 Å². The lowest BCUT2D eigenvalue weighted by Gasteiger charge is -2.32. The molecule has 3 amide bonds. The van der Waals surface area contributed by atoms with Crippen molar-refractivity contribution in [2.24, 2.45) is 0 Å². The molecule has 1 heterocycles. The van der Waals surface area contributed by atoms with Gasteiger partial charge in [-0.1, -0.05) is 0 Å². The highest BCUT2D eigenvalue weighted by Gasteiger charge is 2.30. The Labute approximate surface area is 119 Å². The normalized spacial score (nSPS) is 15.8. The van der Waals surface area contributed by atoms with Gasteiger partial charge in [0, 0.05) is 31.9 Å². The van der Waals surface area contributed by atoms with Crippen LogP contribution in [0, 0.1) is 0 Å². The number of halogens is 3. The summed E-state index contributed by atoms with van der Waals surface area (Å²) < 4.78 is 37.2. The Kier molecular flexibility index (Phi) is 4.35. The average Bonchev–Trinajstić information content (AvgIpc) is 2.47. The van der Waals surface area contributed by atoms with Gasteiger partial charge in [0.05, 0.1) is 5.56 Å². The van der Waals surface area contributed by atoms with Gasteiger partial charge in [-0.3, -0.25) is 4.79 Å². The van der Waals surface area contributed by atoms with E-state index in [0.29, 0.717) is 31.9 Å². The van der Waals surface area contributed by atoms with Gasteiger partial charge in [-0.2, -0.15) is 13.2 Å². The molecule has 21 heavy (non-hydrogen) atoms. The summed E-state index contributed by atoms with van der Waals surface area (Å²) in [6, 6.07) is 3.87. The molecule has 0 aromatic heterocycles. The maximum Gasteiger partial charge on any atom is 0.416 e. The standard InChI is InChI=1S/C13H14F3N3O2/c14-13(15,16)10-1-3-11(4-2-10)17-12(21)19-7-5-18(9-20)6-8-19/h1-4,9H,5-8H2,(H,17,21). The zero-order chi connectivity index (χ0) is 15.5. The van der Waals surface area contributed by atoms with Crippen LogP contribution in [-0.4, -0.2) is 48.4 Å². The number of nitrogens with zero attached hydrogens (tertiary/aromatic N) is 2. The van der Waals surface area contributed by atoms with Crippen LogP contribution in [-0.2, 0) is 11.0 Å². The van der Waals surface area contributed by atoms with Gasteiger partial charge in [0.25, 0.3) is 0 Å². The number of benzene rings is 1. The first kappa shape index (κ1) is 15.1. The minimum Gasteiger partial charge on any atom is -0.342 e. The highest BCUT2D eigenvalue weighted by molar-refractivity contribution is 5.89. The lowest BCUT2D eigenvalue weighted by atomic mass is 10.2. The molecule has 1 aromatic carbocycles. The van der Waals surface area contributed by atoms with Gasteiger partial charge in [-0.25, -0.2) is 4.79 Å². The highest BCUT2D eigenvalue weighted by Crippen LogP contribution is 2.29. The summed E-state index contributed by atoms with van der Waals surface area (Å²) in [4.78, 5) is 25.6. The quantitative estimate of drug-likeness (QED) is 0.850. The number of urea groups is 1. The maximum atomic E-state index is 12.4. The fourth-order valence-electron chi connectivity index (χ4n) is 1.98. The van der Waals surface area contributed by atoms with Crippen molar-refractivity contribution in [3.05, 3.63) is 29.8 Å². The topological polar surface area (TPSA) is 52.7 Å². The number of carbonyl (C=O) groups is 2. The summed E-state index contributed by atoms with van der Waals surface area (Å²) in [5, 5.41) is 2.54. The van der Waals surface area contributed by atoms with Crippen LogP contribution in [0.2, 0.25) is 0 Å². The van der Waals surface area contributed by atoms with Crippen LogP contribution < -0.4 is 5.32 Å². The summed E-state index contributed by atoms with van der Waals surface area (Å²) in [5.74, 6) is 0. The van der Waals surface area contributed by atoms with E-state index in [1.807, 2.05) is 0 Å². The molecule has 1 N–H and O–H groups in total. The van der Waals surface area contributed by atoms with Crippen molar-refractivity contribution >= 4 is 18.1 Å². The summed E-state index contributed by atoms with van der Waals surface area (Å²) in [7, 11) is 0. The molecule has 0 atom stereocenters. The monoisotopic (exact) mass is 301 g/mol. The minimum absolute atomic E-state index is 0.297. The molecule has 0 saturated carbocycles. The Morgan fingerprint density at radius 1 is 1.10 bits per heavy atom. The van der Waals surface area contributed by atoms with Crippen LogP contribution in [0.1, 0.15) is 5.56 Å². The van der Waals surface area contributed by atoms with E-state index in [-0.39, 0.29) is 6.03 Å². The van der Waals surface area contributed by atoms with Crippen LogP contribution in [0.15, 0.2) is 24.3 Å². The van der Waals surface area contributed by atoms with E-state index in [0.717, 1.165) is 18.5 Å². The van der Waals surface area contributed by atoms with Gasteiger partial charge in [0.15, 0.2) is 0 Å². The van der Waals surface area contributed by atoms with Crippen molar-refractivity contribution < 1.29 is 22.8 Å². The van der Waals surface area contributed by atoms with Crippen molar-refractivity contribution in [1.82, 2.24) is 9.80 Å². The molecule has 8 heteroatoms. The lowest BCUT2D eigenvalue weighted by molar-refractivity contribution is -0.137. The third-order valence-electron chi connectivity index (χ3n) is 3.21. The fourth-order valence-corrected chi connectivity index (χ4v) is 1.98. The second-order valence-electron chi connectivity index (χ2n) is 4.63. The first-order valence-corrected chi connectivity index (χ1v) is 6.32. The molecule has 0 aliphatic carbocycles. The van der Waals surface area contributed by atoms with Crippen molar-refractivity contribution in [1.29, 1.82) is 0 Å². The largest absolute Gasteiger partial charge is 0.416 e. The Balaban J connectivity index is 1.92. The van der Waals surface area contributed by atoms with E-state index in [2.05, 4.69) is 5.32 Å². The van der Waals surface area contributed by atoms with E-state index >= 15 is 0 Å². The Morgan fingerprint density at radius 3 is 2.14 bits per heavy atom. The second-order valence-corrected chi connectivity index (χ2v) is 4.63. The number of hydrogen-bond donors (Lipinski definition) is 1. The van der Waals surface area contributed by atoms with E-state index in [9.17, 15) is 22.8 Å². The summed E-state index contributed by atoms with van der Waals surface area (Å²) in [5.41, 5.74) is -0.467. The Morgan fingerprint density at radius 2 is 1.67 bits per heavy atom. The van der Waals surface area contributed by atoms with Crippen molar-refractivity contribution in [3.63, 3.8) is 0 Å². The summed E-state index contributed by atoms with van der Waals surface area (Å²) >= 11 is 0. The Bertz CT molecular complexity index is 508. The average molecular weight is 301 g/mol. The molecule has 0 spiro atoms. The number of anilines is 1. The van der Waals surface area contributed by atoms with Crippen LogP contribution in [0.5, 0.6) is 0 Å². The number of rotatable bonds is 2. The van der Waals surface area contributed by atoms with Crippen molar-refractivity contribution in [2.75, 3.05) is 31.5 Å². The zero-order valence-corrected chi connectivity index (χ0v) is 11.1. The molecular weight excluding hydrogens is 287 g/mol. The predicted molar refractivity (Wildman–Crippen MR) is 69.7 cm³/mol. The first-order chi connectivity index (χ1) is 9.90. The molecule has 1 fully saturated rings. The van der Waals surface area contributed by atoms with Crippen LogP contribution in [0.4, 0.5) is 23.7 Å². The number of carbonyl (C=O) groups excluding carboxylic acids is 2. The predicted octanol–water partition coefficient (Wildman–Crippen LogP) is 2.01. The van der Waals surface area contributed by atoms with Gasteiger partial charge >= 0.3 is 12.2 Å². The fraction of sp³-hybridized carbons (Fsp3) is 0.385. The third kappa shape index (κ3) is 3.87. The molecule has 2 rings (SSSR count). The zero-order valence-electron chi connectivity index (χ0n) is 11.1. The lowest BCUT2D eigenvalue weighted by Crippen LogP contribution is -2.49. The van der Waals surface area contributed by atoms with Gasteiger partial charge in [0.2, 0.25) is 6.41 Å². The number of hydrogen-bond acceptors (Lipinski definition) is 2. The number of alkyl halides is 3. The van der Waals surface area contributed by atoms with Gasteiger partial charge < -0.3 is 15.1 Å². The number of piperazine rings is 1. The van der Waals surface area contributed by atoms with Gasteiger partial charge in [0.1, 0.15) is 0 Å². The molecule has 1 aliphatic rings. The molecule has 0 radical (unpaired) electrons. The molecule has 1 aliphatic heterocycles. The van der Waals surface area contributed by atoms with Crippen LogP contribution in [0.25, 0.3) is 0 Å². The summed E-state index contributed by atoms with van der Waals surface area (Å²) in [6.07, 6.45) is -3.67. The SMILES string of the molecule is O=CN1CCN(C(=O)Nc2ccc(C(F)(F)F)cc2)CC1. The van der Waals surface area contributed by atoms with E-state index in [1.165, 1.54) is 17.0 Å². The van der Waals surface area contributed by atoms with Crippen molar-refractivity contribution in [2.45, 2.75) is 6.18 Å². The second kappa shape index (κ2) is 6.02. The highest BCUT2D eigenvalue weighted by atomic mass is 19.4. The van der Waals surface area contributed by atoms with E-state index in [4.69, 9.17) is 0 Å². The molecule has 0 bridgehead atoms. The smallest absolute Gasteiger partial charge is 0.342 e. The molecule has 0 unspecified atom stereocenters. The summed E-state index contributed by atoms with van der Waals surface area (Å²) in [6.45, 7) is 1.68. The Hall–Kier alpha value is -2.25. The van der Waals surface area contributed by atoms with E-state index < -0.39 is 11.7 Å². The van der Waals surface area contributed by atoms with Gasteiger partial charge in [-0.15, -0.1) is 0 Å². The molecular formula is C13H14F3N3O2. The number of amides is 3. The third-order valence-corrected chi connectivity index (χ3v) is 3.21. The molecule has 5 nitrogen and oxygen atoms in total. The number of nitrogens with one attached hydrogen (secondary N) is 1. The maximum absolute atomic E-state index is 12.4. The molecule has 1 aromatic rings. The molecule has 114 valence electrons.